The van der Waals surface area contributed by atoms with E-state index in [1.807, 2.05) is 0 Å². The maximum atomic E-state index is 11.3. The van der Waals surface area contributed by atoms with Gasteiger partial charge in [0.15, 0.2) is 0 Å². The van der Waals surface area contributed by atoms with Crippen LogP contribution in [0.15, 0.2) is 38.3 Å². The van der Waals surface area contributed by atoms with Crippen LogP contribution < -0.4 is 0 Å². The lowest BCUT2D eigenvalue weighted by molar-refractivity contribution is -0.130. The van der Waals surface area contributed by atoms with Gasteiger partial charge in [0.1, 0.15) is 0 Å². The fourth-order valence-corrected chi connectivity index (χ4v) is 1.19. The molecule has 72 valence electrons. The summed E-state index contributed by atoms with van der Waals surface area (Å²) >= 11 is 0. The zero-order chi connectivity index (χ0) is 10.3. The van der Waals surface area contributed by atoms with Crippen molar-refractivity contribution in [3.05, 3.63) is 38.3 Å². The van der Waals surface area contributed by atoms with Crippen LogP contribution in [-0.2, 0) is 22.9 Å². The summed E-state index contributed by atoms with van der Waals surface area (Å²) < 4.78 is 24.3. The third-order valence-corrected chi connectivity index (χ3v) is 1.99. The van der Waals surface area contributed by atoms with E-state index in [0.717, 1.165) is 18.6 Å². The molecular weight excluding hydrogens is 195 g/mol. The Morgan fingerprint density at radius 2 is 1.62 bits per heavy atom. The second-order valence-corrected chi connectivity index (χ2v) is 3.10. The third-order valence-electron chi connectivity index (χ3n) is 0.776. The van der Waals surface area contributed by atoms with Crippen molar-refractivity contribution in [3.8, 4) is 0 Å². The molecule has 0 heterocycles. The molecule has 0 aliphatic carbocycles. The van der Waals surface area contributed by atoms with Crippen molar-refractivity contribution < 1.29 is 22.9 Å². The summed E-state index contributed by atoms with van der Waals surface area (Å²) in [5.41, 5.74) is 0. The maximum absolute atomic E-state index is 11.3. The minimum atomic E-state index is -3.95. The molecule has 0 N–H and O–H groups in total. The predicted octanol–water partition coefficient (Wildman–Crippen LogP) is 2.14. The van der Waals surface area contributed by atoms with Crippen LogP contribution in [0.5, 0.6) is 0 Å². The fourth-order valence-electron chi connectivity index (χ4n) is 0.398. The Labute approximate surface area is 75.9 Å². The molecule has 0 unspecified atom stereocenters. The topological polar surface area (TPSA) is 61.8 Å². The highest BCUT2D eigenvalue weighted by atomic mass is 31.2. The fraction of sp³-hybridized carbons (Fsp3) is 0. The lowest BCUT2D eigenvalue weighted by Gasteiger charge is -2.12. The van der Waals surface area contributed by atoms with Gasteiger partial charge in [-0.3, -0.25) is 0 Å². The number of hydrogen-bond donors (Lipinski definition) is 0. The Bertz CT molecular complexity index is 256. The molecule has 0 atom stereocenters. The molecule has 0 aromatic carbocycles. The van der Waals surface area contributed by atoms with Gasteiger partial charge in [-0.05, 0) is 0 Å². The summed E-state index contributed by atoms with van der Waals surface area (Å²) in [4.78, 5) is 10.6. The molecule has 6 heteroatoms. The summed E-state index contributed by atoms with van der Waals surface area (Å²) in [6.07, 6.45) is 2.49. The number of carbonyl (C=O) groups excluding carboxylic acids is 1. The molecule has 0 spiro atoms. The SMILES string of the molecule is C=COP(=O)(OC=C)OC(=O)C=C. The largest absolute Gasteiger partial charge is 0.648 e. The summed E-state index contributed by atoms with van der Waals surface area (Å²) in [6, 6.07) is 0. The Kier molecular flexibility index (Phi) is 4.62. The van der Waals surface area contributed by atoms with Crippen LogP contribution in [0.3, 0.4) is 0 Å². The number of phosphoric ester groups is 1. The van der Waals surface area contributed by atoms with Gasteiger partial charge in [-0.25, -0.2) is 4.79 Å². The first-order valence-electron chi connectivity index (χ1n) is 3.12. The monoisotopic (exact) mass is 204 g/mol. The molecule has 13 heavy (non-hydrogen) atoms. The van der Waals surface area contributed by atoms with Crippen LogP contribution in [-0.4, -0.2) is 5.97 Å². The van der Waals surface area contributed by atoms with Gasteiger partial charge in [0, 0.05) is 6.08 Å². The number of phosphoric acid groups is 1. The van der Waals surface area contributed by atoms with E-state index in [4.69, 9.17) is 0 Å². The van der Waals surface area contributed by atoms with E-state index in [2.05, 4.69) is 33.3 Å². The Balaban J connectivity index is 4.48. The zero-order valence-electron chi connectivity index (χ0n) is 6.84. The van der Waals surface area contributed by atoms with Gasteiger partial charge < -0.3 is 13.6 Å². The predicted molar refractivity (Wildman–Crippen MR) is 46.5 cm³/mol. The summed E-state index contributed by atoms with van der Waals surface area (Å²) in [5.74, 6) is -0.924. The number of rotatable bonds is 6. The lowest BCUT2D eigenvalue weighted by Crippen LogP contribution is -2.00. The molecule has 0 aromatic rings. The van der Waals surface area contributed by atoms with Crippen molar-refractivity contribution >= 4 is 13.8 Å². The van der Waals surface area contributed by atoms with Crippen molar-refractivity contribution in [1.29, 1.82) is 0 Å². The maximum Gasteiger partial charge on any atom is 0.648 e. The minimum Gasteiger partial charge on any atom is -0.394 e. The smallest absolute Gasteiger partial charge is 0.394 e. The van der Waals surface area contributed by atoms with Crippen molar-refractivity contribution in [1.82, 2.24) is 0 Å². The van der Waals surface area contributed by atoms with Crippen LogP contribution in [0.1, 0.15) is 0 Å². The zero-order valence-corrected chi connectivity index (χ0v) is 7.74. The van der Waals surface area contributed by atoms with E-state index in [1.165, 1.54) is 0 Å². The van der Waals surface area contributed by atoms with Gasteiger partial charge in [-0.2, -0.15) is 4.57 Å². The summed E-state index contributed by atoms with van der Waals surface area (Å²) in [6.45, 7) is 9.38. The first kappa shape index (κ1) is 11.5. The Morgan fingerprint density at radius 1 is 1.15 bits per heavy atom. The number of hydrogen-bond acceptors (Lipinski definition) is 5. The van der Waals surface area contributed by atoms with Crippen molar-refractivity contribution in [2.24, 2.45) is 0 Å². The molecule has 5 nitrogen and oxygen atoms in total. The molecular formula is C7H9O5P. The summed E-state index contributed by atoms with van der Waals surface area (Å²) in [5, 5.41) is 0. The highest BCUT2D eigenvalue weighted by Gasteiger charge is 2.30. The van der Waals surface area contributed by atoms with Gasteiger partial charge in [0.2, 0.25) is 0 Å². The van der Waals surface area contributed by atoms with Crippen LogP contribution in [0.4, 0.5) is 0 Å². The average Bonchev–Trinajstić information content (AvgIpc) is 2.04. The molecule has 0 rings (SSSR count). The average molecular weight is 204 g/mol. The lowest BCUT2D eigenvalue weighted by atomic mass is 10.7. The van der Waals surface area contributed by atoms with Gasteiger partial charge in [-0.1, -0.05) is 19.7 Å². The van der Waals surface area contributed by atoms with Crippen LogP contribution >= 0.6 is 7.82 Å². The molecule has 0 aliphatic heterocycles. The highest BCUT2D eigenvalue weighted by molar-refractivity contribution is 7.49. The summed E-state index contributed by atoms with van der Waals surface area (Å²) in [7, 11) is -3.95. The third kappa shape index (κ3) is 4.18. The van der Waals surface area contributed by atoms with E-state index < -0.39 is 13.8 Å². The second kappa shape index (κ2) is 5.22. The molecule has 0 aliphatic rings. The van der Waals surface area contributed by atoms with Crippen LogP contribution in [0.25, 0.3) is 0 Å². The van der Waals surface area contributed by atoms with Crippen LogP contribution in [0.2, 0.25) is 0 Å². The van der Waals surface area contributed by atoms with Crippen molar-refractivity contribution in [2.75, 3.05) is 0 Å². The van der Waals surface area contributed by atoms with E-state index >= 15 is 0 Å². The van der Waals surface area contributed by atoms with E-state index in [1.54, 1.807) is 0 Å². The van der Waals surface area contributed by atoms with Crippen molar-refractivity contribution in [3.63, 3.8) is 0 Å². The molecule has 0 saturated carbocycles. The number of carbonyl (C=O) groups is 1. The molecule has 0 aromatic heterocycles. The molecule has 0 saturated heterocycles. The van der Waals surface area contributed by atoms with E-state index in [0.29, 0.717) is 0 Å². The normalized spacial score (nSPS) is 9.54. The van der Waals surface area contributed by atoms with E-state index in [9.17, 15) is 9.36 Å². The molecule has 0 bridgehead atoms. The van der Waals surface area contributed by atoms with Gasteiger partial charge >= 0.3 is 13.8 Å². The molecule has 0 amide bonds. The first-order chi connectivity index (χ1) is 6.08. The highest BCUT2D eigenvalue weighted by Crippen LogP contribution is 2.49. The van der Waals surface area contributed by atoms with Crippen molar-refractivity contribution in [2.45, 2.75) is 0 Å². The minimum absolute atomic E-state index is 0.825. The standard InChI is InChI=1S/C7H9O5P/c1-4-7(8)12-13(9,10-5-2)11-6-3/h4-6H,1-3H2. The second-order valence-electron chi connectivity index (χ2n) is 1.61. The van der Waals surface area contributed by atoms with E-state index in [-0.39, 0.29) is 0 Å². The van der Waals surface area contributed by atoms with Crippen LogP contribution in [0, 0.1) is 0 Å². The molecule has 0 fully saturated rings. The van der Waals surface area contributed by atoms with Gasteiger partial charge in [-0.15, -0.1) is 0 Å². The Hall–Kier alpha value is -1.48. The molecule has 0 radical (unpaired) electrons. The quantitative estimate of drug-likeness (QED) is 0.376. The van der Waals surface area contributed by atoms with Gasteiger partial charge in [0.25, 0.3) is 0 Å². The Morgan fingerprint density at radius 3 is 1.92 bits per heavy atom. The first-order valence-corrected chi connectivity index (χ1v) is 4.58. The van der Waals surface area contributed by atoms with Gasteiger partial charge in [0.05, 0.1) is 12.5 Å².